The van der Waals surface area contributed by atoms with Gasteiger partial charge in [0.1, 0.15) is 6.10 Å². The molecule has 10 nitrogen and oxygen atoms in total. The third kappa shape index (κ3) is 4.20. The van der Waals surface area contributed by atoms with Gasteiger partial charge in [0.2, 0.25) is 5.91 Å². The zero-order valence-corrected chi connectivity index (χ0v) is 14.1. The second kappa shape index (κ2) is 7.43. The van der Waals surface area contributed by atoms with Crippen LogP contribution in [0, 0.1) is 5.41 Å². The summed E-state index contributed by atoms with van der Waals surface area (Å²) in [7, 11) is 1.49. The van der Waals surface area contributed by atoms with Crippen LogP contribution in [0.25, 0.3) is 0 Å². The van der Waals surface area contributed by atoms with E-state index < -0.39 is 54.5 Å². The minimum atomic E-state index is -2.66. The minimum Gasteiger partial charge on any atom is -0.477 e. The van der Waals surface area contributed by atoms with Crippen LogP contribution in [0.15, 0.2) is 0 Å². The molecule has 0 spiro atoms. The van der Waals surface area contributed by atoms with E-state index in [0.29, 0.717) is 0 Å². The number of aliphatic hydroxyl groups is 3. The first-order chi connectivity index (χ1) is 10.9. The van der Waals surface area contributed by atoms with E-state index in [4.69, 9.17) is 10.1 Å². The lowest BCUT2D eigenvalue weighted by atomic mass is 9.86. The largest absolute Gasteiger partial charge is 0.477 e. The van der Waals surface area contributed by atoms with Crippen molar-refractivity contribution in [2.24, 2.45) is 0 Å². The zero-order chi connectivity index (χ0) is 18.8. The lowest BCUT2D eigenvalue weighted by Crippen LogP contribution is -2.69. The van der Waals surface area contributed by atoms with Crippen molar-refractivity contribution in [2.75, 3.05) is 7.05 Å². The summed E-state index contributed by atoms with van der Waals surface area (Å²) in [6, 6.07) is -2.05. The maximum Gasteiger partial charge on any atom is 0.364 e. The molecule has 1 fully saturated rings. The van der Waals surface area contributed by atoms with Gasteiger partial charge in [0.05, 0.1) is 30.1 Å². The first-order valence-electron chi connectivity index (χ1n) is 7.45. The van der Waals surface area contributed by atoms with E-state index in [1.54, 1.807) is 0 Å². The molecule has 1 saturated heterocycles. The number of carbonyl (C=O) groups excluding carboxylic acids is 1. The average Bonchev–Trinajstić information content (AvgIpc) is 2.42. The summed E-state index contributed by atoms with van der Waals surface area (Å²) in [5.74, 6) is -4.80. The van der Waals surface area contributed by atoms with E-state index in [2.05, 4.69) is 5.32 Å². The van der Waals surface area contributed by atoms with Crippen molar-refractivity contribution in [1.29, 1.82) is 5.41 Å². The number of amides is 1. The molecule has 0 aromatic rings. The van der Waals surface area contributed by atoms with E-state index in [9.17, 15) is 30.0 Å². The number of carbonyl (C=O) groups is 2. The molecule has 0 bridgehead atoms. The summed E-state index contributed by atoms with van der Waals surface area (Å²) < 4.78 is 5.30. The van der Waals surface area contributed by atoms with Gasteiger partial charge < -0.3 is 35.4 Å². The number of hydrogen-bond acceptors (Lipinski definition) is 7. The smallest absolute Gasteiger partial charge is 0.364 e. The van der Waals surface area contributed by atoms with Crippen LogP contribution in [-0.2, 0) is 14.3 Å². The summed E-state index contributed by atoms with van der Waals surface area (Å²) in [5, 5.41) is 49.8. The molecule has 1 aliphatic heterocycles. The van der Waals surface area contributed by atoms with Crippen molar-refractivity contribution < 1.29 is 34.8 Å². The van der Waals surface area contributed by atoms with Crippen LogP contribution in [0.1, 0.15) is 27.2 Å². The number of amidine groups is 1. The molecule has 0 radical (unpaired) electrons. The maximum atomic E-state index is 11.4. The zero-order valence-electron chi connectivity index (χ0n) is 14.1. The Bertz CT molecular complexity index is 513. The van der Waals surface area contributed by atoms with Gasteiger partial charge in [-0.2, -0.15) is 0 Å². The van der Waals surface area contributed by atoms with Crippen LogP contribution in [0.2, 0.25) is 0 Å². The Morgan fingerprint density at radius 3 is 2.33 bits per heavy atom. The van der Waals surface area contributed by atoms with Crippen LogP contribution < -0.4 is 5.32 Å². The highest BCUT2D eigenvalue weighted by Crippen LogP contribution is 2.32. The standard InChI is InChI=1S/C14H25N3O7/c1-6(18)10(16-8(3)19)12-11(17(4)7(2)15)9(20)5-14(23,24-12)13(21)22/h6,9-12,15,18,20,23H,5H2,1-4H3,(H,16,19)(H,21,22)/t6-,9+,10-,11-,12+,14+/m1/s1. The second-order valence-corrected chi connectivity index (χ2v) is 6.10. The topological polar surface area (TPSA) is 163 Å². The van der Waals surface area contributed by atoms with Gasteiger partial charge in [-0.25, -0.2) is 4.79 Å². The lowest BCUT2D eigenvalue weighted by molar-refractivity contribution is -0.288. The number of nitrogens with zero attached hydrogens (tertiary/aromatic N) is 1. The number of carboxylic acid groups (broad SMARTS) is 1. The molecule has 10 heteroatoms. The number of rotatable bonds is 5. The summed E-state index contributed by atoms with van der Waals surface area (Å²) in [6.45, 7) is 4.02. The Labute approximate surface area is 139 Å². The monoisotopic (exact) mass is 347 g/mol. The molecule has 0 unspecified atom stereocenters. The van der Waals surface area contributed by atoms with Crippen molar-refractivity contribution in [3.63, 3.8) is 0 Å². The summed E-state index contributed by atoms with van der Waals surface area (Å²) >= 11 is 0. The number of aliphatic carboxylic acids is 1. The Morgan fingerprint density at radius 2 is 1.96 bits per heavy atom. The van der Waals surface area contributed by atoms with Crippen molar-refractivity contribution in [3.05, 3.63) is 0 Å². The van der Waals surface area contributed by atoms with Crippen LogP contribution >= 0.6 is 0 Å². The molecule has 138 valence electrons. The minimum absolute atomic E-state index is 0.0561. The molecule has 1 amide bonds. The normalized spacial score (nSPS) is 32.5. The third-order valence-electron chi connectivity index (χ3n) is 4.10. The molecule has 24 heavy (non-hydrogen) atoms. The van der Waals surface area contributed by atoms with Crippen molar-refractivity contribution in [2.45, 2.75) is 63.4 Å². The van der Waals surface area contributed by atoms with E-state index in [-0.39, 0.29) is 5.84 Å². The van der Waals surface area contributed by atoms with Crippen molar-refractivity contribution >= 4 is 17.7 Å². The van der Waals surface area contributed by atoms with Crippen LogP contribution in [0.4, 0.5) is 0 Å². The fraction of sp³-hybridized carbons (Fsp3) is 0.786. The van der Waals surface area contributed by atoms with Gasteiger partial charge in [-0.3, -0.25) is 10.2 Å². The summed E-state index contributed by atoms with van der Waals surface area (Å²) in [4.78, 5) is 24.1. The van der Waals surface area contributed by atoms with Crippen LogP contribution in [-0.4, -0.2) is 86.3 Å². The number of aliphatic hydroxyl groups excluding tert-OH is 2. The second-order valence-electron chi connectivity index (χ2n) is 6.10. The number of nitrogens with one attached hydrogen (secondary N) is 2. The number of ether oxygens (including phenoxy) is 1. The Balaban J connectivity index is 3.32. The Hall–Kier alpha value is -1.75. The van der Waals surface area contributed by atoms with Crippen LogP contribution in [0.5, 0.6) is 0 Å². The molecular formula is C14H25N3O7. The Morgan fingerprint density at radius 1 is 1.42 bits per heavy atom. The Kier molecular flexibility index (Phi) is 6.28. The molecule has 0 aromatic heterocycles. The highest BCUT2D eigenvalue weighted by Gasteiger charge is 2.54. The van der Waals surface area contributed by atoms with Gasteiger partial charge in [-0.1, -0.05) is 0 Å². The maximum absolute atomic E-state index is 11.4. The van der Waals surface area contributed by atoms with E-state index in [1.165, 1.54) is 32.7 Å². The molecule has 1 aliphatic rings. The first kappa shape index (κ1) is 20.3. The molecule has 0 aliphatic carbocycles. The lowest BCUT2D eigenvalue weighted by Gasteiger charge is -2.49. The van der Waals surface area contributed by atoms with Gasteiger partial charge in [-0.15, -0.1) is 0 Å². The molecular weight excluding hydrogens is 322 g/mol. The molecule has 1 heterocycles. The molecule has 6 N–H and O–H groups in total. The van der Waals surface area contributed by atoms with Crippen LogP contribution in [0.3, 0.4) is 0 Å². The number of carboxylic acids is 1. The predicted molar refractivity (Wildman–Crippen MR) is 82.3 cm³/mol. The number of likely N-dealkylation sites (N-methyl/N-ethyl adjacent to an activating group) is 1. The highest BCUT2D eigenvalue weighted by molar-refractivity contribution is 5.77. The quantitative estimate of drug-likeness (QED) is 0.248. The molecule has 1 rings (SSSR count). The van der Waals surface area contributed by atoms with Crippen molar-refractivity contribution in [3.8, 4) is 0 Å². The van der Waals surface area contributed by atoms with Gasteiger partial charge in [0.15, 0.2) is 0 Å². The van der Waals surface area contributed by atoms with E-state index in [1.807, 2.05) is 0 Å². The van der Waals surface area contributed by atoms with Gasteiger partial charge >= 0.3 is 5.97 Å². The van der Waals surface area contributed by atoms with E-state index in [0.717, 1.165) is 0 Å². The SMILES string of the molecule is CC(=N)N(C)[C@H]1[C@H]([C@H](NC(C)=O)[C@@H](C)O)O[C@](O)(C(=O)O)C[C@@H]1O. The van der Waals surface area contributed by atoms with Gasteiger partial charge in [-0.05, 0) is 13.8 Å². The fourth-order valence-electron chi connectivity index (χ4n) is 2.80. The molecule has 6 atom stereocenters. The third-order valence-corrected chi connectivity index (χ3v) is 4.10. The fourth-order valence-corrected chi connectivity index (χ4v) is 2.80. The first-order valence-corrected chi connectivity index (χ1v) is 7.45. The number of hydrogen-bond donors (Lipinski definition) is 6. The van der Waals surface area contributed by atoms with Gasteiger partial charge in [0, 0.05) is 20.4 Å². The molecule has 0 aromatic carbocycles. The van der Waals surface area contributed by atoms with E-state index >= 15 is 0 Å². The van der Waals surface area contributed by atoms with Crippen molar-refractivity contribution in [1.82, 2.24) is 10.2 Å². The predicted octanol–water partition coefficient (Wildman–Crippen LogP) is -1.91. The highest BCUT2D eigenvalue weighted by atomic mass is 16.7. The van der Waals surface area contributed by atoms with Gasteiger partial charge in [0.25, 0.3) is 5.79 Å². The summed E-state index contributed by atoms with van der Waals surface area (Å²) in [6.07, 6.45) is -4.42. The average molecular weight is 347 g/mol. The summed E-state index contributed by atoms with van der Waals surface area (Å²) in [5.41, 5.74) is 0. The molecule has 0 saturated carbocycles.